The summed E-state index contributed by atoms with van der Waals surface area (Å²) in [5.74, 6) is 0.115. The number of nitrogens with zero attached hydrogens (tertiary/aromatic N) is 2. The normalized spacial score (nSPS) is 11.0. The third-order valence-corrected chi connectivity index (χ3v) is 4.55. The summed E-state index contributed by atoms with van der Waals surface area (Å²) < 4.78 is 0. The lowest BCUT2D eigenvalue weighted by atomic mass is 10.1. The second kappa shape index (κ2) is 14.4. The standard InChI is InChI=1S/C21H28N4OS.C2H6/c1-8-15(5)10-17(9-2)12-23-20(26)19-11-18(24-21(22-7)25-19)16(6)27-13-14(3)4;1-2/h8-11,13H,1,6,12H2,2-5,7H3,(H,23,26)(H,22,24,25);1-2H3/b15-10-,17-9+;. The number of allylic oxidation sites excluding steroid dienone is 4. The molecule has 0 aliphatic rings. The molecule has 1 amide bonds. The van der Waals surface area contributed by atoms with E-state index in [2.05, 4.69) is 33.8 Å². The Morgan fingerprint density at radius 2 is 1.83 bits per heavy atom. The molecule has 158 valence electrons. The van der Waals surface area contributed by atoms with E-state index in [0.717, 1.165) is 16.1 Å². The molecule has 6 heteroatoms. The highest BCUT2D eigenvalue weighted by Crippen LogP contribution is 2.27. The van der Waals surface area contributed by atoms with Gasteiger partial charge in [0.05, 0.1) is 5.69 Å². The maximum Gasteiger partial charge on any atom is 0.270 e. The van der Waals surface area contributed by atoms with E-state index < -0.39 is 0 Å². The van der Waals surface area contributed by atoms with Gasteiger partial charge in [-0.05, 0) is 44.7 Å². The van der Waals surface area contributed by atoms with Crippen molar-refractivity contribution in [3.8, 4) is 0 Å². The molecular formula is C23H34N4OS. The van der Waals surface area contributed by atoms with Gasteiger partial charge in [0.25, 0.3) is 5.91 Å². The Labute approximate surface area is 180 Å². The molecule has 0 bridgehead atoms. The van der Waals surface area contributed by atoms with Crippen LogP contribution in [0.1, 0.15) is 57.7 Å². The van der Waals surface area contributed by atoms with Crippen molar-refractivity contribution >= 4 is 28.5 Å². The summed E-state index contributed by atoms with van der Waals surface area (Å²) >= 11 is 1.48. The van der Waals surface area contributed by atoms with E-state index in [1.54, 1.807) is 19.2 Å². The summed E-state index contributed by atoms with van der Waals surface area (Å²) in [6, 6.07) is 1.66. The molecule has 1 aromatic rings. The SMILES string of the molecule is C=C/C(C)=C\C(=C/C)CNC(=O)c1cc(C(=C)SC=C(C)C)nc(NC)n1.CC. The van der Waals surface area contributed by atoms with Crippen LogP contribution in [0.3, 0.4) is 0 Å². The molecule has 0 saturated heterocycles. The number of carbonyl (C=O) groups is 1. The van der Waals surface area contributed by atoms with Crippen molar-refractivity contribution in [1.29, 1.82) is 0 Å². The zero-order valence-corrected chi connectivity index (χ0v) is 19.5. The van der Waals surface area contributed by atoms with E-state index in [4.69, 9.17) is 0 Å². The first-order valence-corrected chi connectivity index (χ1v) is 10.5. The number of rotatable bonds is 9. The van der Waals surface area contributed by atoms with Gasteiger partial charge in [-0.2, -0.15) is 0 Å². The molecule has 5 nitrogen and oxygen atoms in total. The fourth-order valence-corrected chi connectivity index (χ4v) is 2.53. The molecule has 29 heavy (non-hydrogen) atoms. The van der Waals surface area contributed by atoms with Crippen LogP contribution < -0.4 is 10.6 Å². The third-order valence-electron chi connectivity index (χ3n) is 3.46. The van der Waals surface area contributed by atoms with Crippen molar-refractivity contribution in [3.05, 3.63) is 71.0 Å². The number of anilines is 1. The Morgan fingerprint density at radius 1 is 1.21 bits per heavy atom. The minimum Gasteiger partial charge on any atom is -0.357 e. The average molecular weight is 415 g/mol. The Hall–Kier alpha value is -2.60. The van der Waals surface area contributed by atoms with E-state index >= 15 is 0 Å². The first kappa shape index (κ1) is 26.4. The highest BCUT2D eigenvalue weighted by molar-refractivity contribution is 8.10. The van der Waals surface area contributed by atoms with Crippen molar-refractivity contribution in [3.63, 3.8) is 0 Å². The zero-order chi connectivity index (χ0) is 22.4. The van der Waals surface area contributed by atoms with Gasteiger partial charge in [0.1, 0.15) is 5.69 Å². The largest absolute Gasteiger partial charge is 0.357 e. The van der Waals surface area contributed by atoms with Crippen LogP contribution in [0.2, 0.25) is 0 Å². The van der Waals surface area contributed by atoms with Crippen LogP contribution in [-0.4, -0.2) is 29.5 Å². The quantitative estimate of drug-likeness (QED) is 0.487. The number of nitrogens with one attached hydrogen (secondary N) is 2. The van der Waals surface area contributed by atoms with Gasteiger partial charge >= 0.3 is 0 Å². The number of hydrogen-bond donors (Lipinski definition) is 2. The van der Waals surface area contributed by atoms with Crippen LogP contribution in [0.25, 0.3) is 4.91 Å². The first-order chi connectivity index (χ1) is 13.8. The topological polar surface area (TPSA) is 66.9 Å². The van der Waals surface area contributed by atoms with E-state index in [-0.39, 0.29) is 5.91 Å². The molecule has 0 aliphatic carbocycles. The summed E-state index contributed by atoms with van der Waals surface area (Å²) in [7, 11) is 1.72. The molecular weight excluding hydrogens is 380 g/mol. The van der Waals surface area contributed by atoms with Crippen LogP contribution in [0, 0.1) is 0 Å². The predicted octanol–water partition coefficient (Wildman–Crippen LogP) is 5.98. The summed E-state index contributed by atoms with van der Waals surface area (Å²) in [4.78, 5) is 22.0. The second-order valence-electron chi connectivity index (χ2n) is 6.09. The van der Waals surface area contributed by atoms with Crippen molar-refractivity contribution < 1.29 is 4.79 Å². The molecule has 0 aromatic carbocycles. The van der Waals surface area contributed by atoms with Gasteiger partial charge in [0, 0.05) is 18.5 Å². The lowest BCUT2D eigenvalue weighted by molar-refractivity contribution is 0.0952. The molecule has 0 aliphatic heterocycles. The Balaban J connectivity index is 0.00000379. The van der Waals surface area contributed by atoms with Gasteiger partial charge in [-0.15, -0.1) is 0 Å². The van der Waals surface area contributed by atoms with E-state index in [9.17, 15) is 4.79 Å². The third kappa shape index (κ3) is 9.94. The molecule has 2 N–H and O–H groups in total. The first-order valence-electron chi connectivity index (χ1n) is 9.61. The number of aromatic nitrogens is 2. The molecule has 0 fully saturated rings. The maximum atomic E-state index is 12.6. The van der Waals surface area contributed by atoms with Crippen LogP contribution in [-0.2, 0) is 0 Å². The molecule has 1 aromatic heterocycles. The van der Waals surface area contributed by atoms with Crippen molar-refractivity contribution in [2.75, 3.05) is 18.9 Å². The second-order valence-corrected chi connectivity index (χ2v) is 7.05. The molecule has 0 spiro atoms. The highest BCUT2D eigenvalue weighted by atomic mass is 32.2. The number of hydrogen-bond acceptors (Lipinski definition) is 5. The number of amides is 1. The summed E-state index contributed by atoms with van der Waals surface area (Å²) in [5.41, 5.74) is 4.11. The van der Waals surface area contributed by atoms with E-state index in [1.807, 2.05) is 59.1 Å². The maximum absolute atomic E-state index is 12.6. The van der Waals surface area contributed by atoms with Crippen molar-refractivity contribution in [2.45, 2.75) is 41.5 Å². The fourth-order valence-electron chi connectivity index (χ4n) is 1.93. The fraction of sp³-hybridized carbons (Fsp3) is 0.348. The molecule has 0 unspecified atom stereocenters. The molecule has 1 rings (SSSR count). The highest BCUT2D eigenvalue weighted by Gasteiger charge is 2.13. The molecule has 0 atom stereocenters. The lowest BCUT2D eigenvalue weighted by Crippen LogP contribution is -2.26. The minimum atomic E-state index is -0.265. The predicted molar refractivity (Wildman–Crippen MR) is 129 cm³/mol. The summed E-state index contributed by atoms with van der Waals surface area (Å²) in [6.07, 6.45) is 5.71. The van der Waals surface area contributed by atoms with Crippen LogP contribution in [0.15, 0.2) is 59.6 Å². The summed E-state index contributed by atoms with van der Waals surface area (Å²) in [5, 5.41) is 7.78. The molecule has 1 heterocycles. The van der Waals surface area contributed by atoms with Crippen LogP contribution >= 0.6 is 11.8 Å². The Morgan fingerprint density at radius 3 is 2.34 bits per heavy atom. The van der Waals surface area contributed by atoms with Gasteiger partial charge in [-0.1, -0.05) is 68.1 Å². The summed E-state index contributed by atoms with van der Waals surface area (Å²) in [6.45, 7) is 20.1. The van der Waals surface area contributed by atoms with Gasteiger partial charge in [0.15, 0.2) is 0 Å². The number of thioether (sulfide) groups is 1. The van der Waals surface area contributed by atoms with Gasteiger partial charge < -0.3 is 10.6 Å². The van der Waals surface area contributed by atoms with Crippen LogP contribution in [0.5, 0.6) is 0 Å². The zero-order valence-electron chi connectivity index (χ0n) is 18.7. The molecule has 0 radical (unpaired) electrons. The Bertz CT molecular complexity index is 803. The van der Waals surface area contributed by atoms with Gasteiger partial charge in [0.2, 0.25) is 5.95 Å². The number of carbonyl (C=O) groups excluding carboxylic acids is 1. The minimum absolute atomic E-state index is 0.265. The van der Waals surface area contributed by atoms with Crippen molar-refractivity contribution in [2.24, 2.45) is 0 Å². The van der Waals surface area contributed by atoms with Crippen LogP contribution in [0.4, 0.5) is 5.95 Å². The molecule has 0 saturated carbocycles. The van der Waals surface area contributed by atoms with E-state index in [0.29, 0.717) is 23.9 Å². The van der Waals surface area contributed by atoms with Gasteiger partial charge in [-0.3, -0.25) is 4.79 Å². The monoisotopic (exact) mass is 414 g/mol. The van der Waals surface area contributed by atoms with E-state index in [1.165, 1.54) is 17.3 Å². The Kier molecular flexibility index (Phi) is 13.1. The van der Waals surface area contributed by atoms with Gasteiger partial charge in [-0.25, -0.2) is 9.97 Å². The smallest absolute Gasteiger partial charge is 0.270 e. The lowest BCUT2D eigenvalue weighted by Gasteiger charge is -2.10. The average Bonchev–Trinajstić information content (AvgIpc) is 2.75. The van der Waals surface area contributed by atoms with Crippen molar-refractivity contribution in [1.82, 2.24) is 15.3 Å².